The van der Waals surface area contributed by atoms with Gasteiger partial charge < -0.3 is 10.2 Å². The Labute approximate surface area is 189 Å². The van der Waals surface area contributed by atoms with Crippen LogP contribution in [0.4, 0.5) is 0 Å². The van der Waals surface area contributed by atoms with Gasteiger partial charge in [0.1, 0.15) is 4.21 Å². The molecule has 2 N–H and O–H groups in total. The molecule has 0 radical (unpaired) electrons. The summed E-state index contributed by atoms with van der Waals surface area (Å²) in [7, 11) is -2.31. The minimum Gasteiger partial charge on any atom is -0.337 e. The smallest absolute Gasteiger partial charge is 0.304 e. The van der Waals surface area contributed by atoms with Crippen LogP contribution >= 0.6 is 22.9 Å². The van der Waals surface area contributed by atoms with Crippen LogP contribution in [0.5, 0.6) is 0 Å². The Morgan fingerprint density at radius 2 is 2.03 bits per heavy atom. The Bertz CT molecular complexity index is 1250. The van der Waals surface area contributed by atoms with E-state index in [1.807, 2.05) is 30.1 Å². The van der Waals surface area contributed by atoms with E-state index < -0.39 is 10.1 Å². The Kier molecular flexibility index (Phi) is 7.30. The molecule has 0 bridgehead atoms. The van der Waals surface area contributed by atoms with Gasteiger partial charge in [-0.25, -0.2) is 0 Å². The first-order valence-electron chi connectivity index (χ1n) is 9.33. The number of benzene rings is 2. The molecular weight excluding hydrogens is 458 g/mol. The van der Waals surface area contributed by atoms with Gasteiger partial charge in [-0.1, -0.05) is 29.8 Å². The molecule has 3 aromatic rings. The predicted octanol–water partition coefficient (Wildman–Crippen LogP) is 3.68. The van der Waals surface area contributed by atoms with Crippen molar-refractivity contribution in [1.29, 1.82) is 5.26 Å². The number of fused-ring (bicyclic) bond motifs is 1. The van der Waals surface area contributed by atoms with Gasteiger partial charge in [-0.15, -0.1) is 11.3 Å². The second-order valence-corrected chi connectivity index (χ2v) is 10.0. The van der Waals surface area contributed by atoms with Crippen LogP contribution in [0, 0.1) is 11.3 Å². The molecular formula is C21H20ClN3O4S2. The number of hydrogen-bond donors (Lipinski definition) is 2. The second kappa shape index (κ2) is 9.77. The zero-order chi connectivity index (χ0) is 22.6. The first kappa shape index (κ1) is 23.2. The zero-order valence-electron chi connectivity index (χ0n) is 16.6. The molecule has 0 unspecified atom stereocenters. The summed E-state index contributed by atoms with van der Waals surface area (Å²) in [5.74, 6) is 0.148. The fraction of sp³-hybridized carbons (Fsp3) is 0.238. The van der Waals surface area contributed by atoms with Gasteiger partial charge in [-0.05, 0) is 49.4 Å². The normalized spacial score (nSPS) is 16.1. The lowest BCUT2D eigenvalue weighted by Gasteiger charge is -2.16. The van der Waals surface area contributed by atoms with E-state index in [0.717, 1.165) is 34.6 Å². The standard InChI is InChI=1S/C13H15N3O.C8H5ClO3S2/c1-15-12-5-6-16(13(12)17)9-11-4-2-3-10(7-11)8-14;9-6-2-1-3-7-5(6)4-8(13-7)14(10,11)12/h2-4,7,12,15H,5-6,9H2,1H3;1-4H,(H,10,11,12)/t12-;/m0./s1. The van der Waals surface area contributed by atoms with Crippen LogP contribution in [-0.2, 0) is 21.5 Å². The summed E-state index contributed by atoms with van der Waals surface area (Å²) in [6.07, 6.45) is 0.854. The minimum absolute atomic E-state index is 0.0471. The Morgan fingerprint density at radius 1 is 1.29 bits per heavy atom. The number of carbonyl (C=O) groups excluding carboxylic acids is 1. The van der Waals surface area contributed by atoms with Crippen LogP contribution in [-0.4, -0.2) is 43.4 Å². The monoisotopic (exact) mass is 477 g/mol. The first-order chi connectivity index (χ1) is 14.7. The average molecular weight is 478 g/mol. The molecule has 0 spiro atoms. The van der Waals surface area contributed by atoms with Crippen molar-refractivity contribution in [3.63, 3.8) is 0 Å². The molecule has 1 amide bonds. The fourth-order valence-electron chi connectivity index (χ4n) is 3.25. The molecule has 0 aliphatic carbocycles. The quantitative estimate of drug-likeness (QED) is 0.554. The van der Waals surface area contributed by atoms with Gasteiger partial charge in [-0.2, -0.15) is 13.7 Å². The van der Waals surface area contributed by atoms with Gasteiger partial charge in [0.15, 0.2) is 0 Å². The highest BCUT2D eigenvalue weighted by Gasteiger charge is 2.29. The second-order valence-electron chi connectivity index (χ2n) is 6.89. The van der Waals surface area contributed by atoms with Crippen LogP contribution < -0.4 is 5.32 Å². The lowest BCUT2D eigenvalue weighted by molar-refractivity contribution is -0.129. The Hall–Kier alpha value is -2.48. The number of nitrogens with one attached hydrogen (secondary N) is 1. The molecule has 2 aromatic carbocycles. The van der Waals surface area contributed by atoms with E-state index in [1.54, 1.807) is 24.3 Å². The maximum Gasteiger partial charge on any atom is 0.304 e. The number of halogens is 1. The van der Waals surface area contributed by atoms with Crippen LogP contribution in [0.25, 0.3) is 10.1 Å². The summed E-state index contributed by atoms with van der Waals surface area (Å²) in [5, 5.41) is 12.9. The molecule has 1 atom stereocenters. The third-order valence-electron chi connectivity index (χ3n) is 4.82. The predicted molar refractivity (Wildman–Crippen MR) is 121 cm³/mol. The number of rotatable bonds is 4. The van der Waals surface area contributed by atoms with E-state index in [-0.39, 0.29) is 16.2 Å². The van der Waals surface area contributed by atoms with Gasteiger partial charge in [0.05, 0.1) is 17.7 Å². The Balaban J connectivity index is 0.000000179. The van der Waals surface area contributed by atoms with Crippen LogP contribution in [0.2, 0.25) is 5.02 Å². The molecule has 162 valence electrons. The molecule has 2 heterocycles. The molecule has 4 rings (SSSR count). The molecule has 0 saturated carbocycles. The van der Waals surface area contributed by atoms with E-state index in [9.17, 15) is 13.2 Å². The minimum atomic E-state index is -4.12. The highest BCUT2D eigenvalue weighted by Crippen LogP contribution is 2.33. The number of nitrogens with zero attached hydrogens (tertiary/aromatic N) is 2. The summed E-state index contributed by atoms with van der Waals surface area (Å²) in [4.78, 5) is 13.7. The molecule has 31 heavy (non-hydrogen) atoms. The number of amides is 1. The third-order valence-corrected chi connectivity index (χ3v) is 7.55. The SMILES string of the molecule is CN[C@H]1CCN(Cc2cccc(C#N)c2)C1=O.O=S(=O)(O)c1cc2c(Cl)cccc2s1. The topological polar surface area (TPSA) is 111 Å². The number of hydrogen-bond acceptors (Lipinski definition) is 6. The van der Waals surface area contributed by atoms with Crippen molar-refractivity contribution >= 4 is 49.0 Å². The van der Waals surface area contributed by atoms with Crippen molar-refractivity contribution in [1.82, 2.24) is 10.2 Å². The van der Waals surface area contributed by atoms with Crippen LogP contribution in [0.15, 0.2) is 52.7 Å². The van der Waals surface area contributed by atoms with Crippen molar-refractivity contribution < 1.29 is 17.8 Å². The summed E-state index contributed by atoms with van der Waals surface area (Å²) in [6.45, 7) is 1.37. The van der Waals surface area contributed by atoms with E-state index in [0.29, 0.717) is 22.5 Å². The molecule has 10 heteroatoms. The van der Waals surface area contributed by atoms with Crippen molar-refractivity contribution in [2.24, 2.45) is 0 Å². The van der Waals surface area contributed by atoms with E-state index in [4.69, 9.17) is 21.4 Å². The molecule has 1 aliphatic heterocycles. The van der Waals surface area contributed by atoms with Gasteiger partial charge in [0, 0.05) is 28.2 Å². The molecule has 1 fully saturated rings. The molecule has 1 saturated heterocycles. The third kappa shape index (κ3) is 5.61. The summed E-state index contributed by atoms with van der Waals surface area (Å²) < 4.78 is 31.2. The fourth-order valence-corrected chi connectivity index (χ4v) is 5.31. The zero-order valence-corrected chi connectivity index (χ0v) is 19.0. The summed E-state index contributed by atoms with van der Waals surface area (Å²) >= 11 is 6.85. The maximum absolute atomic E-state index is 11.9. The van der Waals surface area contributed by atoms with E-state index in [2.05, 4.69) is 11.4 Å². The Morgan fingerprint density at radius 3 is 2.65 bits per heavy atom. The van der Waals surface area contributed by atoms with E-state index in [1.165, 1.54) is 6.07 Å². The number of nitriles is 1. The molecule has 7 nitrogen and oxygen atoms in total. The van der Waals surface area contributed by atoms with Crippen LogP contribution in [0.1, 0.15) is 17.5 Å². The van der Waals surface area contributed by atoms with E-state index >= 15 is 0 Å². The molecule has 1 aromatic heterocycles. The highest BCUT2D eigenvalue weighted by atomic mass is 35.5. The number of likely N-dealkylation sites (N-methyl/N-ethyl adjacent to an activating group) is 1. The summed E-state index contributed by atoms with van der Waals surface area (Å²) in [6, 6.07) is 16.0. The molecule has 1 aliphatic rings. The number of thiophene rings is 1. The number of likely N-dealkylation sites (tertiary alicyclic amines) is 1. The van der Waals surface area contributed by atoms with Gasteiger partial charge in [-0.3, -0.25) is 9.35 Å². The van der Waals surface area contributed by atoms with Gasteiger partial charge >= 0.3 is 10.1 Å². The van der Waals surface area contributed by atoms with Crippen molar-refractivity contribution in [3.05, 3.63) is 64.7 Å². The lowest BCUT2D eigenvalue weighted by Crippen LogP contribution is -2.35. The lowest BCUT2D eigenvalue weighted by atomic mass is 10.1. The van der Waals surface area contributed by atoms with Crippen molar-refractivity contribution in [3.8, 4) is 6.07 Å². The summed E-state index contributed by atoms with van der Waals surface area (Å²) in [5.41, 5.74) is 1.65. The van der Waals surface area contributed by atoms with Gasteiger partial charge in [0.25, 0.3) is 0 Å². The highest BCUT2D eigenvalue weighted by molar-refractivity contribution is 7.88. The van der Waals surface area contributed by atoms with Crippen LogP contribution in [0.3, 0.4) is 0 Å². The van der Waals surface area contributed by atoms with Gasteiger partial charge in [0.2, 0.25) is 5.91 Å². The first-order valence-corrected chi connectivity index (χ1v) is 12.0. The van der Waals surface area contributed by atoms with Crippen molar-refractivity contribution in [2.75, 3.05) is 13.6 Å². The van der Waals surface area contributed by atoms with Crippen molar-refractivity contribution in [2.45, 2.75) is 23.2 Å². The maximum atomic E-state index is 11.9. The largest absolute Gasteiger partial charge is 0.337 e. The number of carbonyl (C=O) groups is 1. The average Bonchev–Trinajstić information content (AvgIpc) is 3.34.